The molecule has 308 valence electrons. The molecule has 0 radical (unpaired) electrons. The number of rotatable bonds is 7. The van der Waals surface area contributed by atoms with Crippen LogP contribution >= 0.6 is 0 Å². The van der Waals surface area contributed by atoms with Gasteiger partial charge < -0.3 is 9.47 Å². The number of para-hydroxylation sites is 5. The van der Waals surface area contributed by atoms with Gasteiger partial charge in [0, 0.05) is 38.8 Å². The molecule has 10 rings (SSSR count). The molecule has 62 heavy (non-hydrogen) atoms. The van der Waals surface area contributed by atoms with Crippen molar-refractivity contribution >= 4 is 49.6 Å². The molecule has 1 heterocycles. The lowest BCUT2D eigenvalue weighted by atomic mass is 9.80. The van der Waals surface area contributed by atoms with Gasteiger partial charge in [-0.25, -0.2) is 0 Å². The Morgan fingerprint density at radius 1 is 0.468 bits per heavy atom. The Kier molecular flexibility index (Phi) is 10.1. The first kappa shape index (κ1) is 39.7. The minimum Gasteiger partial charge on any atom is -0.309 e. The van der Waals surface area contributed by atoms with Crippen LogP contribution in [0.2, 0.25) is 0 Å². The fourth-order valence-corrected chi connectivity index (χ4v) is 10.2. The summed E-state index contributed by atoms with van der Waals surface area (Å²) in [5.74, 6) is 0.576. The van der Waals surface area contributed by atoms with E-state index in [1.54, 1.807) is 0 Å². The number of hydrogen-bond acceptors (Lipinski definition) is 1. The molecule has 0 N–H and O–H groups in total. The van der Waals surface area contributed by atoms with Gasteiger partial charge in [-0.2, -0.15) is 0 Å². The van der Waals surface area contributed by atoms with Gasteiger partial charge in [-0.05, 0) is 105 Å². The number of anilines is 3. The smallest absolute Gasteiger partial charge is 0.0620 e. The van der Waals surface area contributed by atoms with E-state index in [0.29, 0.717) is 5.92 Å². The number of benzene rings is 8. The van der Waals surface area contributed by atoms with Gasteiger partial charge in [0.05, 0.1) is 22.4 Å². The molecule has 0 saturated heterocycles. The van der Waals surface area contributed by atoms with E-state index in [1.165, 1.54) is 115 Å². The van der Waals surface area contributed by atoms with Crippen LogP contribution in [0.15, 0.2) is 176 Å². The summed E-state index contributed by atoms with van der Waals surface area (Å²) in [7, 11) is 0. The molecule has 2 nitrogen and oxygen atoms in total. The molecule has 1 saturated carbocycles. The molecule has 8 aromatic carbocycles. The normalized spacial score (nSPS) is 13.9. The quantitative estimate of drug-likeness (QED) is 0.156. The molecule has 0 amide bonds. The summed E-state index contributed by atoms with van der Waals surface area (Å²) in [6, 6.07) is 66.2. The fourth-order valence-electron chi connectivity index (χ4n) is 10.2. The van der Waals surface area contributed by atoms with E-state index in [0.717, 1.165) is 11.4 Å². The lowest BCUT2D eigenvalue weighted by Gasteiger charge is -2.33. The Labute approximate surface area is 368 Å². The number of hydrogen-bond donors (Lipinski definition) is 0. The van der Waals surface area contributed by atoms with Gasteiger partial charge in [-0.15, -0.1) is 0 Å². The van der Waals surface area contributed by atoms with Crippen LogP contribution in [-0.4, -0.2) is 4.57 Å². The van der Waals surface area contributed by atoms with Crippen molar-refractivity contribution in [2.75, 3.05) is 4.90 Å². The first-order valence-corrected chi connectivity index (χ1v) is 22.8. The molecule has 1 fully saturated rings. The van der Waals surface area contributed by atoms with E-state index in [-0.39, 0.29) is 10.8 Å². The van der Waals surface area contributed by atoms with Crippen LogP contribution in [0.3, 0.4) is 0 Å². The van der Waals surface area contributed by atoms with Crippen LogP contribution in [-0.2, 0) is 10.8 Å². The van der Waals surface area contributed by atoms with Crippen molar-refractivity contribution in [3.05, 3.63) is 193 Å². The Hall–Kier alpha value is -6.38. The zero-order valence-corrected chi connectivity index (χ0v) is 37.3. The second-order valence-corrected chi connectivity index (χ2v) is 19.6. The van der Waals surface area contributed by atoms with Crippen LogP contribution in [0, 0.1) is 0 Å². The highest BCUT2D eigenvalue weighted by atomic mass is 15.1. The van der Waals surface area contributed by atoms with Gasteiger partial charge >= 0.3 is 0 Å². The van der Waals surface area contributed by atoms with E-state index < -0.39 is 0 Å². The Morgan fingerprint density at radius 2 is 1.00 bits per heavy atom. The van der Waals surface area contributed by atoms with Gasteiger partial charge in [0.2, 0.25) is 0 Å². The molecule has 2 heteroatoms. The highest BCUT2D eigenvalue weighted by Gasteiger charge is 2.28. The van der Waals surface area contributed by atoms with E-state index in [9.17, 15) is 0 Å². The van der Waals surface area contributed by atoms with E-state index in [1.807, 2.05) is 0 Å². The predicted molar refractivity (Wildman–Crippen MR) is 267 cm³/mol. The lowest BCUT2D eigenvalue weighted by Crippen LogP contribution is -2.19. The lowest BCUT2D eigenvalue weighted by molar-refractivity contribution is 0.445. The second-order valence-electron chi connectivity index (χ2n) is 19.6. The molecule has 0 atom stereocenters. The first-order valence-electron chi connectivity index (χ1n) is 22.8. The minimum absolute atomic E-state index is 0.0620. The molecule has 0 spiro atoms. The molecule has 1 aliphatic carbocycles. The fraction of sp³-hybridized carbons (Fsp3) is 0.233. The molecule has 1 aliphatic rings. The van der Waals surface area contributed by atoms with Gasteiger partial charge in [0.25, 0.3) is 0 Å². The van der Waals surface area contributed by atoms with Crippen molar-refractivity contribution in [1.82, 2.24) is 4.57 Å². The van der Waals surface area contributed by atoms with Crippen LogP contribution in [0.4, 0.5) is 17.1 Å². The monoisotopic (exact) mass is 806 g/mol. The zero-order valence-electron chi connectivity index (χ0n) is 37.3. The third-order valence-corrected chi connectivity index (χ3v) is 13.5. The number of nitrogens with zero attached hydrogens (tertiary/aromatic N) is 2. The maximum Gasteiger partial charge on any atom is 0.0620 e. The Morgan fingerprint density at radius 3 is 1.68 bits per heavy atom. The molecule has 0 aliphatic heterocycles. The van der Waals surface area contributed by atoms with Crippen LogP contribution in [0.25, 0.3) is 60.5 Å². The second kappa shape index (κ2) is 15.8. The average Bonchev–Trinajstić information content (AvgIpc) is 3.64. The summed E-state index contributed by atoms with van der Waals surface area (Å²) in [5.41, 5.74) is 16.0. The summed E-state index contributed by atoms with van der Waals surface area (Å²) in [6.45, 7) is 14.1. The Bertz CT molecular complexity index is 3040. The molecule has 1 aromatic heterocycles. The van der Waals surface area contributed by atoms with Crippen molar-refractivity contribution in [2.24, 2.45) is 0 Å². The van der Waals surface area contributed by atoms with Crippen LogP contribution < -0.4 is 4.90 Å². The van der Waals surface area contributed by atoms with Crippen molar-refractivity contribution in [1.29, 1.82) is 0 Å². The standard InChI is InChI=1S/C60H58N2/c1-59(2,3)43-38-44(60(4,5)6)40-46(39-43)61(54-35-16-13-28-48(54)51-32-20-25-42-24-19-31-47(57(42)51)41-22-9-7-10-23-41)55-36-17-14-29-49(55)52-33-21-34-53-50-30-15-18-37-56(50)62(58(52)53)45-26-11-8-12-27-45/h8,11-21,24-41H,7,9-10,22-23H2,1-6H3. The largest absolute Gasteiger partial charge is 0.309 e. The van der Waals surface area contributed by atoms with Gasteiger partial charge in [0.1, 0.15) is 0 Å². The molecule has 0 bridgehead atoms. The first-order chi connectivity index (χ1) is 30.1. The van der Waals surface area contributed by atoms with Crippen molar-refractivity contribution in [3.63, 3.8) is 0 Å². The zero-order chi connectivity index (χ0) is 42.6. The third kappa shape index (κ3) is 7.10. The maximum absolute atomic E-state index is 2.59. The van der Waals surface area contributed by atoms with Crippen LogP contribution in [0.5, 0.6) is 0 Å². The molecule has 0 unspecified atom stereocenters. The van der Waals surface area contributed by atoms with Gasteiger partial charge in [-0.1, -0.05) is 194 Å². The van der Waals surface area contributed by atoms with E-state index >= 15 is 0 Å². The number of fused-ring (bicyclic) bond motifs is 4. The predicted octanol–water partition coefficient (Wildman–Crippen LogP) is 17.4. The average molecular weight is 807 g/mol. The van der Waals surface area contributed by atoms with E-state index in [2.05, 4.69) is 227 Å². The van der Waals surface area contributed by atoms with Gasteiger partial charge in [0.15, 0.2) is 0 Å². The summed E-state index contributed by atoms with van der Waals surface area (Å²) in [6.07, 6.45) is 6.47. The summed E-state index contributed by atoms with van der Waals surface area (Å²) < 4.78 is 2.47. The Balaban J connectivity index is 1.30. The maximum atomic E-state index is 2.59. The molecular weight excluding hydrogens is 749 g/mol. The summed E-state index contributed by atoms with van der Waals surface area (Å²) in [5, 5.41) is 5.22. The van der Waals surface area contributed by atoms with Crippen molar-refractivity contribution in [2.45, 2.75) is 90.4 Å². The number of aromatic nitrogens is 1. The third-order valence-electron chi connectivity index (χ3n) is 13.5. The molecule has 9 aromatic rings. The SMILES string of the molecule is CC(C)(C)c1cc(N(c2ccccc2-c2cccc3cccc(C4CCCCC4)c23)c2ccccc2-c2cccc3c4ccccc4n(-c4ccccc4)c23)cc(C(C)(C)C)c1. The van der Waals surface area contributed by atoms with Crippen molar-refractivity contribution < 1.29 is 0 Å². The summed E-state index contributed by atoms with van der Waals surface area (Å²) in [4.78, 5) is 2.59. The minimum atomic E-state index is -0.0620. The highest BCUT2D eigenvalue weighted by molar-refractivity contribution is 6.15. The molecular formula is C60H58N2. The highest BCUT2D eigenvalue weighted by Crippen LogP contribution is 2.50. The topological polar surface area (TPSA) is 8.17 Å². The van der Waals surface area contributed by atoms with Gasteiger partial charge in [-0.3, -0.25) is 0 Å². The van der Waals surface area contributed by atoms with Crippen molar-refractivity contribution in [3.8, 4) is 27.9 Å². The van der Waals surface area contributed by atoms with E-state index in [4.69, 9.17) is 0 Å². The van der Waals surface area contributed by atoms with Crippen LogP contribution in [0.1, 0.15) is 96.3 Å². The summed E-state index contributed by atoms with van der Waals surface area (Å²) >= 11 is 0.